The molecule has 3 atom stereocenters. The first-order valence-corrected chi connectivity index (χ1v) is 6.18. The summed E-state index contributed by atoms with van der Waals surface area (Å²) in [5, 5.41) is 8.83. The van der Waals surface area contributed by atoms with Crippen LogP contribution < -0.4 is 0 Å². The van der Waals surface area contributed by atoms with Crippen LogP contribution in [0.15, 0.2) is 30.3 Å². The van der Waals surface area contributed by atoms with Crippen LogP contribution in [0.1, 0.15) is 25.3 Å². The predicted octanol–water partition coefficient (Wildman–Crippen LogP) is 2.22. The molecule has 2 rings (SSSR count). The molecule has 1 fully saturated rings. The number of hydrogen-bond donors (Lipinski definition) is 1. The van der Waals surface area contributed by atoms with Crippen molar-refractivity contribution in [2.45, 2.75) is 44.7 Å². The van der Waals surface area contributed by atoms with Gasteiger partial charge in [0, 0.05) is 6.42 Å². The van der Waals surface area contributed by atoms with Gasteiger partial charge in [0.2, 0.25) is 0 Å². The molecule has 0 amide bonds. The Hall–Kier alpha value is -1.39. The number of carbonyl (C=O) groups is 1. The number of aliphatic carboxylic acids is 1. The minimum Gasteiger partial charge on any atom is -0.481 e. The van der Waals surface area contributed by atoms with Crippen molar-refractivity contribution < 1.29 is 19.4 Å². The number of carboxylic acid groups (broad SMARTS) is 1. The quantitative estimate of drug-likeness (QED) is 0.870. The topological polar surface area (TPSA) is 55.8 Å². The summed E-state index contributed by atoms with van der Waals surface area (Å²) in [6.07, 6.45) is 0.363. The molecule has 18 heavy (non-hydrogen) atoms. The fourth-order valence-corrected chi connectivity index (χ4v) is 2.23. The number of carboxylic acids is 1. The lowest BCUT2D eigenvalue weighted by Crippen LogP contribution is -2.27. The molecule has 0 aromatic heterocycles. The highest BCUT2D eigenvalue weighted by atomic mass is 16.6. The molecule has 1 aliphatic heterocycles. The van der Waals surface area contributed by atoms with Crippen LogP contribution in [0.25, 0.3) is 0 Å². The number of hydrogen-bond acceptors (Lipinski definition) is 3. The van der Waals surface area contributed by atoms with Crippen LogP contribution in [-0.4, -0.2) is 29.4 Å². The van der Waals surface area contributed by atoms with Gasteiger partial charge in [-0.2, -0.15) is 0 Å². The van der Waals surface area contributed by atoms with Crippen LogP contribution in [0.4, 0.5) is 0 Å². The third-order valence-corrected chi connectivity index (χ3v) is 3.07. The summed E-state index contributed by atoms with van der Waals surface area (Å²) < 4.78 is 11.4. The van der Waals surface area contributed by atoms with E-state index in [1.165, 1.54) is 0 Å². The zero-order chi connectivity index (χ0) is 13.0. The molecule has 0 saturated carbocycles. The van der Waals surface area contributed by atoms with Crippen molar-refractivity contribution in [1.29, 1.82) is 0 Å². The van der Waals surface area contributed by atoms with Crippen molar-refractivity contribution in [2.75, 3.05) is 0 Å². The highest BCUT2D eigenvalue weighted by Gasteiger charge is 2.35. The second-order valence-corrected chi connectivity index (χ2v) is 4.65. The van der Waals surface area contributed by atoms with Gasteiger partial charge in [-0.25, -0.2) is 0 Å². The van der Waals surface area contributed by atoms with Gasteiger partial charge in [-0.3, -0.25) is 4.79 Å². The monoisotopic (exact) mass is 250 g/mol. The van der Waals surface area contributed by atoms with Crippen LogP contribution in [0.2, 0.25) is 0 Å². The Bertz CT molecular complexity index is 390. The van der Waals surface area contributed by atoms with Crippen molar-refractivity contribution in [1.82, 2.24) is 0 Å². The van der Waals surface area contributed by atoms with E-state index >= 15 is 0 Å². The Morgan fingerprint density at radius 1 is 1.44 bits per heavy atom. The summed E-state index contributed by atoms with van der Waals surface area (Å²) in [5.74, 6) is -0.845. The second-order valence-electron chi connectivity index (χ2n) is 4.65. The SMILES string of the molecule is C[C@H]1C[C@H](OCc2ccccc2)[C@@H](CC(=O)O)O1. The first kappa shape index (κ1) is 13.1. The third kappa shape index (κ3) is 3.55. The minimum atomic E-state index is -0.845. The molecular formula is C14H18O4. The van der Waals surface area contributed by atoms with Gasteiger partial charge >= 0.3 is 5.97 Å². The highest BCUT2D eigenvalue weighted by Crippen LogP contribution is 2.26. The van der Waals surface area contributed by atoms with E-state index in [0.717, 1.165) is 12.0 Å². The fraction of sp³-hybridized carbons (Fsp3) is 0.500. The fourth-order valence-electron chi connectivity index (χ4n) is 2.23. The Labute approximate surface area is 107 Å². The van der Waals surface area contributed by atoms with Crippen molar-refractivity contribution >= 4 is 5.97 Å². The van der Waals surface area contributed by atoms with Crippen LogP contribution in [0.5, 0.6) is 0 Å². The molecule has 1 aliphatic rings. The maximum atomic E-state index is 10.7. The van der Waals surface area contributed by atoms with Gasteiger partial charge in [0.25, 0.3) is 0 Å². The summed E-state index contributed by atoms with van der Waals surface area (Å²) in [6.45, 7) is 2.44. The molecule has 1 saturated heterocycles. The standard InChI is InChI=1S/C14H18O4/c1-10-7-12(13(18-10)8-14(15)16)17-9-11-5-3-2-4-6-11/h2-6,10,12-13H,7-9H2,1H3,(H,15,16)/t10-,12-,13+/m0/s1. The van der Waals surface area contributed by atoms with E-state index in [2.05, 4.69) is 0 Å². The first-order valence-electron chi connectivity index (χ1n) is 6.18. The third-order valence-electron chi connectivity index (χ3n) is 3.07. The molecule has 0 spiro atoms. The van der Waals surface area contributed by atoms with E-state index in [4.69, 9.17) is 14.6 Å². The molecule has 0 radical (unpaired) electrons. The maximum absolute atomic E-state index is 10.7. The van der Waals surface area contributed by atoms with Gasteiger partial charge in [-0.05, 0) is 12.5 Å². The maximum Gasteiger partial charge on any atom is 0.306 e. The smallest absolute Gasteiger partial charge is 0.306 e. The lowest BCUT2D eigenvalue weighted by atomic mass is 10.1. The Kier molecular flexibility index (Phi) is 4.33. The molecule has 0 aliphatic carbocycles. The lowest BCUT2D eigenvalue weighted by Gasteiger charge is -2.17. The Balaban J connectivity index is 1.89. The summed E-state index contributed by atoms with van der Waals surface area (Å²) in [6, 6.07) is 9.86. The van der Waals surface area contributed by atoms with Gasteiger partial charge < -0.3 is 14.6 Å². The highest BCUT2D eigenvalue weighted by molar-refractivity contribution is 5.67. The van der Waals surface area contributed by atoms with Crippen molar-refractivity contribution in [3.8, 4) is 0 Å². The number of benzene rings is 1. The molecule has 1 N–H and O–H groups in total. The molecule has 98 valence electrons. The summed E-state index contributed by atoms with van der Waals surface area (Å²) in [4.78, 5) is 10.7. The van der Waals surface area contributed by atoms with Crippen LogP contribution in [0, 0.1) is 0 Å². The average molecular weight is 250 g/mol. The van der Waals surface area contributed by atoms with Crippen molar-refractivity contribution in [2.24, 2.45) is 0 Å². The molecule has 0 bridgehead atoms. The summed E-state index contributed by atoms with van der Waals surface area (Å²) in [5.41, 5.74) is 1.09. The largest absolute Gasteiger partial charge is 0.481 e. The van der Waals surface area contributed by atoms with Crippen LogP contribution in [-0.2, 0) is 20.9 Å². The van der Waals surface area contributed by atoms with Crippen molar-refractivity contribution in [3.05, 3.63) is 35.9 Å². The molecule has 4 heteroatoms. The van der Waals surface area contributed by atoms with E-state index in [-0.39, 0.29) is 24.7 Å². The zero-order valence-electron chi connectivity index (χ0n) is 10.4. The zero-order valence-corrected chi connectivity index (χ0v) is 10.4. The van der Waals surface area contributed by atoms with Gasteiger partial charge in [0.1, 0.15) is 0 Å². The van der Waals surface area contributed by atoms with E-state index in [1.807, 2.05) is 37.3 Å². The number of ether oxygens (including phenoxy) is 2. The predicted molar refractivity (Wildman–Crippen MR) is 66.2 cm³/mol. The molecule has 1 heterocycles. The molecular weight excluding hydrogens is 232 g/mol. The van der Waals surface area contributed by atoms with Gasteiger partial charge in [0.05, 0.1) is 31.3 Å². The van der Waals surface area contributed by atoms with Crippen molar-refractivity contribution in [3.63, 3.8) is 0 Å². The molecule has 0 unspecified atom stereocenters. The van der Waals surface area contributed by atoms with Crippen LogP contribution >= 0.6 is 0 Å². The minimum absolute atomic E-state index is 0.00377. The van der Waals surface area contributed by atoms with Gasteiger partial charge in [-0.1, -0.05) is 30.3 Å². The number of rotatable bonds is 5. The van der Waals surface area contributed by atoms with E-state index in [9.17, 15) is 4.79 Å². The molecule has 1 aromatic rings. The van der Waals surface area contributed by atoms with Gasteiger partial charge in [0.15, 0.2) is 0 Å². The first-order chi connectivity index (χ1) is 8.65. The summed E-state index contributed by atoms with van der Waals surface area (Å²) >= 11 is 0. The van der Waals surface area contributed by atoms with Crippen LogP contribution in [0.3, 0.4) is 0 Å². The van der Waals surface area contributed by atoms with E-state index < -0.39 is 5.97 Å². The Morgan fingerprint density at radius 2 is 2.17 bits per heavy atom. The normalized spacial score (nSPS) is 27.3. The summed E-state index contributed by atoms with van der Waals surface area (Å²) in [7, 11) is 0. The molecule has 1 aromatic carbocycles. The molecule has 4 nitrogen and oxygen atoms in total. The van der Waals surface area contributed by atoms with E-state index in [0.29, 0.717) is 6.61 Å². The second kappa shape index (κ2) is 5.98. The van der Waals surface area contributed by atoms with E-state index in [1.54, 1.807) is 0 Å². The average Bonchev–Trinajstić information content (AvgIpc) is 2.67. The lowest BCUT2D eigenvalue weighted by molar-refractivity contribution is -0.142. The Morgan fingerprint density at radius 3 is 2.83 bits per heavy atom. The van der Waals surface area contributed by atoms with Gasteiger partial charge in [-0.15, -0.1) is 0 Å².